The summed E-state index contributed by atoms with van der Waals surface area (Å²) in [5.41, 5.74) is 2.70. The second kappa shape index (κ2) is 5.75. The molecular weight excluding hydrogens is 316 g/mol. The Balaban J connectivity index is 2.05. The van der Waals surface area contributed by atoms with Gasteiger partial charge >= 0.3 is 0 Å². The molecule has 4 aromatic rings. The number of rotatable bonds is 2. The Morgan fingerprint density at radius 1 is 1.04 bits per heavy atom. The first-order chi connectivity index (χ1) is 12.0. The average molecular weight is 332 g/mol. The van der Waals surface area contributed by atoms with Crippen LogP contribution in [0, 0.1) is 0 Å². The maximum Gasteiger partial charge on any atom is 0.195 e. The smallest absolute Gasteiger partial charge is 0.195 e. The molecule has 0 radical (unpaired) electrons. The lowest BCUT2D eigenvalue weighted by atomic mass is 10.1. The van der Waals surface area contributed by atoms with Crippen LogP contribution in [0.25, 0.3) is 32.8 Å². The summed E-state index contributed by atoms with van der Waals surface area (Å²) in [5.74, 6) is 0. The molecule has 1 unspecified atom stereocenters. The first kappa shape index (κ1) is 15.4. The van der Waals surface area contributed by atoms with E-state index in [1.54, 1.807) is 36.3 Å². The van der Waals surface area contributed by atoms with Crippen molar-refractivity contribution in [3.63, 3.8) is 0 Å². The Kier molecular flexibility index (Phi) is 3.54. The quantitative estimate of drug-likeness (QED) is 0.610. The number of hydrogen-bond acceptors (Lipinski definition) is 5. The third-order valence-corrected chi connectivity index (χ3v) is 4.25. The van der Waals surface area contributed by atoms with Crippen molar-refractivity contribution in [2.24, 2.45) is 7.05 Å². The fourth-order valence-electron chi connectivity index (χ4n) is 2.87. The summed E-state index contributed by atoms with van der Waals surface area (Å²) in [7, 11) is 1.84. The number of aliphatic hydroxyl groups excluding tert-OH is 1. The van der Waals surface area contributed by atoms with Crippen molar-refractivity contribution in [1.82, 2.24) is 19.7 Å². The van der Waals surface area contributed by atoms with Gasteiger partial charge in [-0.25, -0.2) is 0 Å². The van der Waals surface area contributed by atoms with Gasteiger partial charge in [0, 0.05) is 52.9 Å². The van der Waals surface area contributed by atoms with Gasteiger partial charge in [0.15, 0.2) is 5.43 Å². The molecule has 25 heavy (non-hydrogen) atoms. The SMILES string of the molecule is CC(O)c1cc2c(=O)c3cc(-c4cnn(C)c4)cnc3ccc2cn1. The molecule has 0 aliphatic heterocycles. The van der Waals surface area contributed by atoms with Gasteiger partial charge in [0.05, 0.1) is 23.5 Å². The maximum atomic E-state index is 13.1. The summed E-state index contributed by atoms with van der Waals surface area (Å²) in [6.07, 6.45) is 6.24. The van der Waals surface area contributed by atoms with Crippen molar-refractivity contribution in [3.05, 3.63) is 65.0 Å². The Labute approximate surface area is 143 Å². The van der Waals surface area contributed by atoms with E-state index in [2.05, 4.69) is 15.1 Å². The number of aryl methyl sites for hydroxylation is 1. The van der Waals surface area contributed by atoms with Crippen molar-refractivity contribution in [1.29, 1.82) is 0 Å². The van der Waals surface area contributed by atoms with E-state index in [0.717, 1.165) is 16.5 Å². The molecule has 1 atom stereocenters. The summed E-state index contributed by atoms with van der Waals surface area (Å²) in [6, 6.07) is 7.13. The van der Waals surface area contributed by atoms with Crippen molar-refractivity contribution < 1.29 is 5.11 Å². The lowest BCUT2D eigenvalue weighted by Gasteiger charge is -2.03. The van der Waals surface area contributed by atoms with Gasteiger partial charge in [0.2, 0.25) is 0 Å². The summed E-state index contributed by atoms with van der Waals surface area (Å²) in [6.45, 7) is 1.63. The van der Waals surface area contributed by atoms with Crippen LogP contribution >= 0.6 is 0 Å². The molecule has 0 fully saturated rings. The topological polar surface area (TPSA) is 80.9 Å². The lowest BCUT2D eigenvalue weighted by Crippen LogP contribution is -2.02. The number of pyridine rings is 2. The minimum absolute atomic E-state index is 0.127. The molecule has 4 rings (SSSR count). The van der Waals surface area contributed by atoms with Crippen molar-refractivity contribution in [2.45, 2.75) is 13.0 Å². The Morgan fingerprint density at radius 2 is 1.88 bits per heavy atom. The minimum Gasteiger partial charge on any atom is -0.387 e. The molecule has 0 saturated heterocycles. The number of aliphatic hydroxyl groups is 1. The third kappa shape index (κ3) is 2.66. The van der Waals surface area contributed by atoms with Gasteiger partial charge in [-0.05, 0) is 25.1 Å². The second-order valence-corrected chi connectivity index (χ2v) is 6.09. The average Bonchev–Trinajstić information content (AvgIpc) is 2.99. The zero-order valence-corrected chi connectivity index (χ0v) is 13.8. The van der Waals surface area contributed by atoms with Gasteiger partial charge in [0.25, 0.3) is 0 Å². The molecule has 124 valence electrons. The second-order valence-electron chi connectivity index (χ2n) is 6.09. The molecule has 6 heteroatoms. The van der Waals surface area contributed by atoms with Crippen molar-refractivity contribution in [3.8, 4) is 11.1 Å². The van der Waals surface area contributed by atoms with Crippen LogP contribution in [0.15, 0.2) is 53.8 Å². The van der Waals surface area contributed by atoms with E-state index in [-0.39, 0.29) is 5.43 Å². The predicted octanol–water partition coefficient (Wildman–Crippen LogP) is 2.60. The number of fused-ring (bicyclic) bond motifs is 2. The number of hydrogen-bond donors (Lipinski definition) is 1. The largest absolute Gasteiger partial charge is 0.387 e. The van der Waals surface area contributed by atoms with Gasteiger partial charge in [-0.3, -0.25) is 19.4 Å². The van der Waals surface area contributed by atoms with E-state index in [4.69, 9.17) is 0 Å². The Hall–Kier alpha value is -3.12. The van der Waals surface area contributed by atoms with Crippen LogP contribution in [-0.4, -0.2) is 24.9 Å². The molecule has 0 aliphatic rings. The Bertz CT molecular complexity index is 1170. The molecule has 3 heterocycles. The molecule has 6 nitrogen and oxygen atoms in total. The zero-order chi connectivity index (χ0) is 17.6. The summed E-state index contributed by atoms with van der Waals surface area (Å²) < 4.78 is 1.71. The molecule has 1 aromatic carbocycles. The number of aromatic nitrogens is 4. The normalized spacial score (nSPS) is 12.6. The highest BCUT2D eigenvalue weighted by atomic mass is 16.3. The van der Waals surface area contributed by atoms with Gasteiger partial charge < -0.3 is 5.11 Å². The van der Waals surface area contributed by atoms with E-state index >= 15 is 0 Å². The van der Waals surface area contributed by atoms with Crippen LogP contribution in [0.5, 0.6) is 0 Å². The third-order valence-electron chi connectivity index (χ3n) is 4.25. The molecule has 1 N–H and O–H groups in total. The van der Waals surface area contributed by atoms with Crippen LogP contribution < -0.4 is 5.43 Å². The highest BCUT2D eigenvalue weighted by Crippen LogP contribution is 2.22. The van der Waals surface area contributed by atoms with E-state index < -0.39 is 6.10 Å². The molecule has 0 saturated carbocycles. The molecule has 0 amide bonds. The molecule has 3 aromatic heterocycles. The predicted molar refractivity (Wildman–Crippen MR) is 96.1 cm³/mol. The van der Waals surface area contributed by atoms with Gasteiger partial charge in [-0.2, -0.15) is 5.10 Å². The fraction of sp³-hybridized carbons (Fsp3) is 0.158. The Morgan fingerprint density at radius 3 is 2.60 bits per heavy atom. The molecule has 0 spiro atoms. The van der Waals surface area contributed by atoms with Crippen molar-refractivity contribution in [2.75, 3.05) is 0 Å². The van der Waals surface area contributed by atoms with Crippen LogP contribution in [-0.2, 0) is 7.05 Å². The van der Waals surface area contributed by atoms with Crippen LogP contribution in [0.2, 0.25) is 0 Å². The summed E-state index contributed by atoms with van der Waals surface area (Å²) in [5, 5.41) is 15.7. The highest BCUT2D eigenvalue weighted by Gasteiger charge is 2.10. The molecule has 0 aliphatic carbocycles. The first-order valence-corrected chi connectivity index (χ1v) is 7.93. The van der Waals surface area contributed by atoms with E-state index in [1.165, 1.54) is 0 Å². The monoisotopic (exact) mass is 332 g/mol. The standard InChI is InChI=1S/C19H16N4O2/c1-11(24)18-6-15-12(7-21-18)3-4-17-16(19(15)25)5-13(8-20-17)14-9-22-23(2)10-14/h3-11,24H,1-2H3. The first-order valence-electron chi connectivity index (χ1n) is 7.93. The van der Waals surface area contributed by atoms with E-state index in [0.29, 0.717) is 22.0 Å². The highest BCUT2D eigenvalue weighted by molar-refractivity contribution is 5.92. The zero-order valence-electron chi connectivity index (χ0n) is 13.8. The van der Waals surface area contributed by atoms with Gasteiger partial charge in [-0.15, -0.1) is 0 Å². The van der Waals surface area contributed by atoms with E-state index in [1.807, 2.05) is 31.4 Å². The van der Waals surface area contributed by atoms with Crippen LogP contribution in [0.4, 0.5) is 0 Å². The maximum absolute atomic E-state index is 13.1. The van der Waals surface area contributed by atoms with Crippen LogP contribution in [0.3, 0.4) is 0 Å². The van der Waals surface area contributed by atoms with Gasteiger partial charge in [-0.1, -0.05) is 6.07 Å². The van der Waals surface area contributed by atoms with Gasteiger partial charge in [0.1, 0.15) is 0 Å². The minimum atomic E-state index is -0.732. The van der Waals surface area contributed by atoms with E-state index in [9.17, 15) is 9.90 Å². The number of nitrogens with zero attached hydrogens (tertiary/aromatic N) is 4. The summed E-state index contributed by atoms with van der Waals surface area (Å²) in [4.78, 5) is 21.7. The lowest BCUT2D eigenvalue weighted by molar-refractivity contribution is 0.194. The molecular formula is C19H16N4O2. The molecule has 0 bridgehead atoms. The summed E-state index contributed by atoms with van der Waals surface area (Å²) >= 11 is 0. The van der Waals surface area contributed by atoms with Crippen molar-refractivity contribution >= 4 is 21.7 Å². The fourth-order valence-corrected chi connectivity index (χ4v) is 2.87. The van der Waals surface area contributed by atoms with Crippen LogP contribution in [0.1, 0.15) is 18.7 Å².